The molecule has 0 heterocycles. The van der Waals surface area contributed by atoms with Gasteiger partial charge >= 0.3 is 0 Å². The van der Waals surface area contributed by atoms with E-state index in [0.717, 1.165) is 66.8 Å². The van der Waals surface area contributed by atoms with E-state index < -0.39 is 23.0 Å². The Morgan fingerprint density at radius 1 is 0.152 bits per heavy atom. The molecule has 0 unspecified atom stereocenters. The number of aromatic hydroxyl groups is 20. The Morgan fingerprint density at radius 3 is 0.571 bits per heavy atom. The van der Waals surface area contributed by atoms with Gasteiger partial charge in [0.05, 0.1) is 0 Å². The SMILES string of the molecule is Oc1ccc(CC[C@@H](Cc2ccc(CCc3cc(O)c(O)c(O)c3)cc2)[C@H](Cc2ccc(CCc3cc(O)c(O)c(O)c3)cc2)c2ccc(O)c(O)c2)cc1O.Oc1ccc(CC[C@H](Cc2ccc(CCc3cc(O)c(O)c(O)c3)cc2)[C@@H](Cc2ccc(CCc3cc(O)c(O)c(O)c3)cc2)c2ccc(O)c(O)c2)cc1O. The van der Waals surface area contributed by atoms with Crippen LogP contribution in [0, 0.1) is 11.8 Å². The van der Waals surface area contributed by atoms with Crippen molar-refractivity contribution >= 4 is 0 Å². The third kappa shape index (κ3) is 21.1. The van der Waals surface area contributed by atoms with Gasteiger partial charge in [-0.05, 0) is 312 Å². The quantitative estimate of drug-likeness (QED) is 0.0186. The fraction of sp³-hybridized carbons (Fsp3) is 0.217. The first kappa shape index (κ1) is 79.7. The highest BCUT2D eigenvalue weighted by Gasteiger charge is 2.29. The predicted octanol–water partition coefficient (Wildman–Crippen LogP) is 16.3. The lowest BCUT2D eigenvalue weighted by Crippen LogP contribution is -2.19. The third-order valence-corrected chi connectivity index (χ3v) is 21.0. The summed E-state index contributed by atoms with van der Waals surface area (Å²) >= 11 is 0. The highest BCUT2D eigenvalue weighted by Crippen LogP contribution is 2.44. The molecule has 0 bridgehead atoms. The van der Waals surface area contributed by atoms with Gasteiger partial charge < -0.3 is 102 Å². The average molecular weight is 1520 g/mol. The third-order valence-electron chi connectivity index (χ3n) is 21.0. The summed E-state index contributed by atoms with van der Waals surface area (Å²) < 4.78 is 0. The molecule has 12 aromatic carbocycles. The van der Waals surface area contributed by atoms with Crippen LogP contribution in [0.2, 0.25) is 0 Å². The molecular weight excluding hydrogens is 1420 g/mol. The second kappa shape index (κ2) is 36.2. The van der Waals surface area contributed by atoms with E-state index in [1.165, 1.54) is 72.8 Å². The number of phenols is 20. The lowest BCUT2D eigenvalue weighted by atomic mass is 9.75. The van der Waals surface area contributed by atoms with Crippen molar-refractivity contribution in [3.63, 3.8) is 0 Å². The minimum atomic E-state index is -0.543. The first-order valence-corrected chi connectivity index (χ1v) is 37.0. The van der Waals surface area contributed by atoms with Gasteiger partial charge in [0, 0.05) is 0 Å². The zero-order valence-electron chi connectivity index (χ0n) is 61.4. The van der Waals surface area contributed by atoms with Gasteiger partial charge in [0.2, 0.25) is 0 Å². The molecule has 0 saturated heterocycles. The Morgan fingerprint density at radius 2 is 0.339 bits per heavy atom. The van der Waals surface area contributed by atoms with Crippen LogP contribution < -0.4 is 0 Å². The summed E-state index contributed by atoms with van der Waals surface area (Å²) in [6.07, 6.45) is 9.85. The van der Waals surface area contributed by atoms with Crippen molar-refractivity contribution in [2.24, 2.45) is 11.8 Å². The first-order chi connectivity index (χ1) is 53.6. The minimum absolute atomic E-state index is 0.0122. The molecule has 12 rings (SSSR count). The molecule has 0 spiro atoms. The highest BCUT2D eigenvalue weighted by atomic mass is 16.4. The van der Waals surface area contributed by atoms with Crippen LogP contribution in [0.1, 0.15) is 114 Å². The summed E-state index contributed by atoms with van der Waals surface area (Å²) in [7, 11) is 0. The fourth-order valence-corrected chi connectivity index (χ4v) is 14.6. The molecule has 0 aliphatic carbocycles. The molecule has 20 heteroatoms. The lowest BCUT2D eigenvalue weighted by Gasteiger charge is -2.29. The van der Waals surface area contributed by atoms with Crippen LogP contribution in [0.4, 0.5) is 0 Å². The molecular formula is C92H92O20. The van der Waals surface area contributed by atoms with Gasteiger partial charge in [-0.2, -0.15) is 0 Å². The van der Waals surface area contributed by atoms with Crippen molar-refractivity contribution in [1.82, 2.24) is 0 Å². The Hall–Kier alpha value is -13.4. The number of benzene rings is 12. The number of hydrogen-bond acceptors (Lipinski definition) is 20. The largest absolute Gasteiger partial charge is 0.504 e. The van der Waals surface area contributed by atoms with Crippen molar-refractivity contribution in [3.05, 3.63) is 307 Å². The number of phenolic OH excluding ortho intramolecular Hbond substituents is 20. The molecule has 0 aliphatic rings. The maximum Gasteiger partial charge on any atom is 0.200 e. The Labute approximate surface area is 647 Å². The maximum absolute atomic E-state index is 10.6. The van der Waals surface area contributed by atoms with E-state index in [9.17, 15) is 102 Å². The topological polar surface area (TPSA) is 405 Å². The van der Waals surface area contributed by atoms with E-state index in [-0.39, 0.29) is 116 Å². The Bertz CT molecular complexity index is 4800. The summed E-state index contributed by atoms with van der Waals surface area (Å²) in [4.78, 5) is 0. The van der Waals surface area contributed by atoms with Crippen molar-refractivity contribution in [2.75, 3.05) is 0 Å². The van der Waals surface area contributed by atoms with Crippen molar-refractivity contribution in [2.45, 2.75) is 115 Å². The van der Waals surface area contributed by atoms with E-state index in [4.69, 9.17) is 0 Å². The zero-order valence-corrected chi connectivity index (χ0v) is 61.4. The van der Waals surface area contributed by atoms with Gasteiger partial charge in [-0.1, -0.05) is 121 Å². The lowest BCUT2D eigenvalue weighted by molar-refractivity contribution is 0.367. The molecule has 0 aromatic heterocycles. The smallest absolute Gasteiger partial charge is 0.200 e. The number of rotatable bonds is 30. The van der Waals surface area contributed by atoms with Gasteiger partial charge in [-0.15, -0.1) is 0 Å². The molecule has 4 atom stereocenters. The Kier molecular flexibility index (Phi) is 25.8. The summed E-state index contributed by atoms with van der Waals surface area (Å²) in [5.41, 5.74) is 14.6. The number of aryl methyl sites for hydroxylation is 10. The van der Waals surface area contributed by atoms with Crippen LogP contribution >= 0.6 is 0 Å². The van der Waals surface area contributed by atoms with Crippen LogP contribution in [0.15, 0.2) is 218 Å². The van der Waals surface area contributed by atoms with Gasteiger partial charge in [-0.3, -0.25) is 0 Å². The molecule has 580 valence electrons. The molecule has 0 fully saturated rings. The molecule has 12 aromatic rings. The van der Waals surface area contributed by atoms with Gasteiger partial charge in [0.15, 0.2) is 115 Å². The summed E-state index contributed by atoms with van der Waals surface area (Å²) in [5.74, 6) is -6.95. The standard InChI is InChI=1S/2C46H46O10/c2*47-37-17-14-31(21-39(37)49)13-15-34(19-29-7-1-27(2-8-29)5-11-32-22-41(51)45(55)42(52)23-32)36(35-16-18-38(48)40(50)26-35)20-30-9-3-28(4-10-30)6-12-33-24-43(53)46(56)44(54)25-33/h2*1-4,7-10,14,16-18,21-26,34,36,47-56H,5-6,11-13,15,19-20H2/t2*34-,36-/m10/s1. The summed E-state index contributed by atoms with van der Waals surface area (Å²) in [5, 5.41) is 200. The van der Waals surface area contributed by atoms with E-state index >= 15 is 0 Å². The van der Waals surface area contributed by atoms with Crippen molar-refractivity contribution in [1.29, 1.82) is 0 Å². The molecule has 0 aliphatic heterocycles. The molecule has 0 amide bonds. The van der Waals surface area contributed by atoms with Crippen molar-refractivity contribution < 1.29 is 102 Å². The van der Waals surface area contributed by atoms with Gasteiger partial charge in [-0.25, -0.2) is 0 Å². The second-order valence-corrected chi connectivity index (χ2v) is 29.0. The molecule has 0 saturated carbocycles. The van der Waals surface area contributed by atoms with Crippen molar-refractivity contribution in [3.8, 4) is 115 Å². The van der Waals surface area contributed by atoms with Gasteiger partial charge in [0.25, 0.3) is 0 Å². The normalized spacial score (nSPS) is 12.4. The summed E-state index contributed by atoms with van der Waals surface area (Å²) in [6.45, 7) is 0. The maximum atomic E-state index is 10.6. The van der Waals surface area contributed by atoms with Crippen LogP contribution in [-0.4, -0.2) is 102 Å². The highest BCUT2D eigenvalue weighted by molar-refractivity contribution is 5.55. The van der Waals surface area contributed by atoms with Crippen LogP contribution in [-0.2, 0) is 89.9 Å². The van der Waals surface area contributed by atoms with E-state index in [1.807, 2.05) is 60.7 Å². The second-order valence-electron chi connectivity index (χ2n) is 29.0. The van der Waals surface area contributed by atoms with E-state index in [0.29, 0.717) is 125 Å². The van der Waals surface area contributed by atoms with Crippen LogP contribution in [0.3, 0.4) is 0 Å². The first-order valence-electron chi connectivity index (χ1n) is 37.0. The minimum Gasteiger partial charge on any atom is -0.504 e. The summed E-state index contributed by atoms with van der Waals surface area (Å²) in [6, 6.07) is 63.9. The average Bonchev–Trinajstić information content (AvgIpc) is 0.829. The Balaban J connectivity index is 0.000000221. The number of hydrogen-bond donors (Lipinski definition) is 20. The fourth-order valence-electron chi connectivity index (χ4n) is 14.6. The van der Waals surface area contributed by atoms with E-state index in [1.54, 1.807) is 36.4 Å². The van der Waals surface area contributed by atoms with Crippen LogP contribution in [0.5, 0.6) is 115 Å². The molecule has 0 radical (unpaired) electrons. The van der Waals surface area contributed by atoms with Gasteiger partial charge in [0.1, 0.15) is 0 Å². The van der Waals surface area contributed by atoms with Crippen LogP contribution in [0.25, 0.3) is 0 Å². The predicted molar refractivity (Wildman–Crippen MR) is 424 cm³/mol. The molecule has 20 N–H and O–H groups in total. The zero-order chi connectivity index (χ0) is 79.9. The molecule has 20 nitrogen and oxygen atoms in total. The molecule has 112 heavy (non-hydrogen) atoms. The van der Waals surface area contributed by atoms with E-state index in [2.05, 4.69) is 48.5 Å². The monoisotopic (exact) mass is 1520 g/mol.